The Labute approximate surface area is 203 Å². The fourth-order valence-corrected chi connectivity index (χ4v) is 4.09. The molecule has 0 aliphatic heterocycles. The second-order valence-corrected chi connectivity index (χ2v) is 9.45. The zero-order valence-electron chi connectivity index (χ0n) is 18.1. The molecule has 1 amide bonds. The zero-order valence-corrected chi connectivity index (χ0v) is 21.2. The highest BCUT2D eigenvalue weighted by atomic mass is 79.9. The monoisotopic (exact) mass is 555 g/mol. The summed E-state index contributed by atoms with van der Waals surface area (Å²) in [5.41, 5.74) is 6.05. The topological polar surface area (TPSA) is 64.7 Å². The lowest BCUT2D eigenvalue weighted by atomic mass is 10.1. The van der Waals surface area contributed by atoms with E-state index in [0.29, 0.717) is 24.5 Å². The van der Waals surface area contributed by atoms with Crippen molar-refractivity contribution >= 4 is 43.6 Å². The Morgan fingerprint density at radius 2 is 1.53 bits per heavy atom. The molecule has 0 radical (unpaired) electrons. The van der Waals surface area contributed by atoms with Crippen molar-refractivity contribution in [3.63, 3.8) is 0 Å². The molecular formula is C24H23Br2N5O. The first-order valence-corrected chi connectivity index (χ1v) is 11.8. The number of halogens is 2. The van der Waals surface area contributed by atoms with Crippen molar-refractivity contribution in [1.82, 2.24) is 19.6 Å². The highest BCUT2D eigenvalue weighted by Crippen LogP contribution is 2.23. The van der Waals surface area contributed by atoms with Gasteiger partial charge in [-0.15, -0.1) is 0 Å². The number of anilines is 1. The van der Waals surface area contributed by atoms with Gasteiger partial charge in [0.1, 0.15) is 0 Å². The number of carbonyl (C=O) groups excluding carboxylic acids is 1. The third-order valence-corrected chi connectivity index (χ3v) is 6.98. The van der Waals surface area contributed by atoms with E-state index < -0.39 is 0 Å². The minimum Gasteiger partial charge on any atom is -0.304 e. The SMILES string of the molecule is Cc1ccc(Cn2cc(Br)c(NC(=O)c3ccc(Cn4nc(C)c(Br)c4C)cc3)n2)cc1. The van der Waals surface area contributed by atoms with E-state index >= 15 is 0 Å². The fourth-order valence-electron chi connectivity index (χ4n) is 3.39. The Hall–Kier alpha value is -2.71. The number of nitrogens with one attached hydrogen (secondary N) is 1. The molecule has 0 unspecified atom stereocenters. The lowest BCUT2D eigenvalue weighted by molar-refractivity contribution is 0.102. The van der Waals surface area contributed by atoms with E-state index in [2.05, 4.69) is 78.6 Å². The fraction of sp³-hybridized carbons (Fsp3) is 0.208. The van der Waals surface area contributed by atoms with Gasteiger partial charge in [-0.05, 0) is 75.9 Å². The van der Waals surface area contributed by atoms with Crippen LogP contribution < -0.4 is 5.32 Å². The van der Waals surface area contributed by atoms with Crippen LogP contribution in [0.1, 0.15) is 38.4 Å². The summed E-state index contributed by atoms with van der Waals surface area (Å²) in [7, 11) is 0. The van der Waals surface area contributed by atoms with Crippen molar-refractivity contribution in [3.8, 4) is 0 Å². The summed E-state index contributed by atoms with van der Waals surface area (Å²) < 4.78 is 5.53. The normalized spacial score (nSPS) is 11.0. The van der Waals surface area contributed by atoms with Crippen molar-refractivity contribution < 1.29 is 4.79 Å². The van der Waals surface area contributed by atoms with Crippen LogP contribution in [0.3, 0.4) is 0 Å². The van der Waals surface area contributed by atoms with E-state index in [-0.39, 0.29) is 5.91 Å². The van der Waals surface area contributed by atoms with Crippen molar-refractivity contribution in [2.24, 2.45) is 0 Å². The van der Waals surface area contributed by atoms with Crippen molar-refractivity contribution in [2.75, 3.05) is 5.32 Å². The maximum Gasteiger partial charge on any atom is 0.256 e. The van der Waals surface area contributed by atoms with E-state index in [9.17, 15) is 4.79 Å². The predicted octanol–water partition coefficient (Wildman–Crippen LogP) is 5.88. The molecule has 4 aromatic rings. The number of aryl methyl sites for hydroxylation is 2. The summed E-state index contributed by atoms with van der Waals surface area (Å²) in [4.78, 5) is 12.7. The van der Waals surface area contributed by atoms with Gasteiger partial charge >= 0.3 is 0 Å². The zero-order chi connectivity index (χ0) is 22.8. The van der Waals surface area contributed by atoms with Crippen molar-refractivity contribution in [3.05, 3.63) is 97.3 Å². The van der Waals surface area contributed by atoms with Crippen LogP contribution in [-0.2, 0) is 13.1 Å². The quantitative estimate of drug-likeness (QED) is 0.322. The third-order valence-electron chi connectivity index (χ3n) is 5.26. The van der Waals surface area contributed by atoms with Crippen LogP contribution in [0.5, 0.6) is 0 Å². The average molecular weight is 557 g/mol. The molecule has 0 saturated heterocycles. The molecule has 0 saturated carbocycles. The molecular weight excluding hydrogens is 534 g/mol. The van der Waals surface area contributed by atoms with Crippen LogP contribution >= 0.6 is 31.9 Å². The molecule has 164 valence electrons. The van der Waals surface area contributed by atoms with Crippen LogP contribution in [0, 0.1) is 20.8 Å². The number of hydrogen-bond donors (Lipinski definition) is 1. The van der Waals surface area contributed by atoms with Gasteiger partial charge in [0.15, 0.2) is 5.82 Å². The van der Waals surface area contributed by atoms with Gasteiger partial charge in [0.25, 0.3) is 5.91 Å². The van der Waals surface area contributed by atoms with Gasteiger partial charge in [-0.25, -0.2) is 0 Å². The molecule has 1 N–H and O–H groups in total. The Morgan fingerprint density at radius 3 is 2.16 bits per heavy atom. The predicted molar refractivity (Wildman–Crippen MR) is 133 cm³/mol. The van der Waals surface area contributed by atoms with Gasteiger partial charge in [-0.2, -0.15) is 10.2 Å². The van der Waals surface area contributed by atoms with Crippen LogP contribution in [0.25, 0.3) is 0 Å². The van der Waals surface area contributed by atoms with Gasteiger partial charge in [0.05, 0.1) is 33.4 Å². The molecule has 32 heavy (non-hydrogen) atoms. The number of hydrogen-bond acceptors (Lipinski definition) is 3. The van der Waals surface area contributed by atoms with E-state index in [1.165, 1.54) is 5.56 Å². The molecule has 0 bridgehead atoms. The molecule has 2 heterocycles. The van der Waals surface area contributed by atoms with E-state index in [4.69, 9.17) is 0 Å². The highest BCUT2D eigenvalue weighted by molar-refractivity contribution is 9.11. The Morgan fingerprint density at radius 1 is 0.906 bits per heavy atom. The standard InChI is InChI=1S/C24H23Br2N5O/c1-15-4-6-18(7-5-15)12-30-14-21(25)23(29-30)27-24(32)20-10-8-19(9-11-20)13-31-17(3)22(26)16(2)28-31/h4-11,14H,12-13H2,1-3H3,(H,27,29,32). The smallest absolute Gasteiger partial charge is 0.256 e. The van der Waals surface area contributed by atoms with Crippen LogP contribution in [0.2, 0.25) is 0 Å². The third kappa shape index (κ3) is 5.02. The Bertz CT molecular complexity index is 1260. The second kappa shape index (κ2) is 9.42. The molecule has 0 spiro atoms. The van der Waals surface area contributed by atoms with E-state index in [1.54, 1.807) is 4.68 Å². The highest BCUT2D eigenvalue weighted by Gasteiger charge is 2.13. The number of nitrogens with zero attached hydrogens (tertiary/aromatic N) is 4. The summed E-state index contributed by atoms with van der Waals surface area (Å²) >= 11 is 7.05. The van der Waals surface area contributed by atoms with Crippen molar-refractivity contribution in [2.45, 2.75) is 33.9 Å². The van der Waals surface area contributed by atoms with Crippen LogP contribution in [0.4, 0.5) is 5.82 Å². The summed E-state index contributed by atoms with van der Waals surface area (Å²) in [6.45, 7) is 7.34. The van der Waals surface area contributed by atoms with Gasteiger partial charge < -0.3 is 5.32 Å². The minimum atomic E-state index is -0.202. The first kappa shape index (κ1) is 22.5. The summed E-state index contributed by atoms with van der Waals surface area (Å²) in [5.74, 6) is 0.297. The maximum atomic E-state index is 12.7. The lowest BCUT2D eigenvalue weighted by Crippen LogP contribution is -2.13. The molecule has 2 aromatic heterocycles. The minimum absolute atomic E-state index is 0.202. The Kier molecular flexibility index (Phi) is 6.62. The number of rotatable bonds is 6. The number of carbonyl (C=O) groups is 1. The van der Waals surface area contributed by atoms with Crippen LogP contribution in [-0.4, -0.2) is 25.5 Å². The molecule has 2 aromatic carbocycles. The first-order valence-electron chi connectivity index (χ1n) is 10.2. The maximum absolute atomic E-state index is 12.7. The molecule has 0 aliphatic carbocycles. The van der Waals surface area contributed by atoms with Crippen molar-refractivity contribution in [1.29, 1.82) is 0 Å². The summed E-state index contributed by atoms with van der Waals surface area (Å²) in [5, 5.41) is 11.9. The molecule has 0 fully saturated rings. The number of aromatic nitrogens is 4. The Balaban J connectivity index is 1.42. The lowest BCUT2D eigenvalue weighted by Gasteiger charge is -2.07. The van der Waals surface area contributed by atoms with Gasteiger partial charge in [0.2, 0.25) is 0 Å². The molecule has 6 nitrogen and oxygen atoms in total. The average Bonchev–Trinajstić information content (AvgIpc) is 3.23. The van der Waals surface area contributed by atoms with Crippen LogP contribution in [0.15, 0.2) is 63.7 Å². The number of benzene rings is 2. The summed E-state index contributed by atoms with van der Waals surface area (Å²) in [6.07, 6.45) is 1.87. The van der Waals surface area contributed by atoms with E-state index in [1.807, 2.05) is 49.0 Å². The first-order chi connectivity index (χ1) is 15.3. The summed E-state index contributed by atoms with van der Waals surface area (Å²) in [6, 6.07) is 15.9. The number of amides is 1. The second-order valence-electron chi connectivity index (χ2n) is 7.80. The largest absolute Gasteiger partial charge is 0.304 e. The molecule has 8 heteroatoms. The van der Waals surface area contributed by atoms with Gasteiger partial charge in [0, 0.05) is 11.8 Å². The van der Waals surface area contributed by atoms with Gasteiger partial charge in [-0.3, -0.25) is 14.2 Å². The van der Waals surface area contributed by atoms with Gasteiger partial charge in [-0.1, -0.05) is 42.0 Å². The molecule has 0 atom stereocenters. The molecule has 4 rings (SSSR count). The van der Waals surface area contributed by atoms with E-state index in [0.717, 1.165) is 31.5 Å². The molecule has 0 aliphatic rings.